The molecule has 8 heteroatoms. The van der Waals surface area contributed by atoms with E-state index in [-0.39, 0.29) is 5.91 Å². The maximum absolute atomic E-state index is 12.6. The number of amides is 1. The summed E-state index contributed by atoms with van der Waals surface area (Å²) >= 11 is 5.92. The minimum absolute atomic E-state index is 0.198. The molecule has 0 fully saturated rings. The minimum Gasteiger partial charge on any atom is -0.352 e. The lowest BCUT2D eigenvalue weighted by Gasteiger charge is -2.09. The first kappa shape index (κ1) is 18.8. The van der Waals surface area contributed by atoms with Crippen molar-refractivity contribution in [3.8, 4) is 16.8 Å². The van der Waals surface area contributed by atoms with E-state index in [1.54, 1.807) is 43.0 Å². The second kappa shape index (κ2) is 8.62. The molecule has 0 aliphatic carbocycles. The Morgan fingerprint density at radius 3 is 2.34 bits per heavy atom. The van der Waals surface area contributed by atoms with Crippen LogP contribution in [0.3, 0.4) is 0 Å². The summed E-state index contributed by atoms with van der Waals surface area (Å²) in [7, 11) is 0. The lowest BCUT2D eigenvalue weighted by molar-refractivity contribution is 0.0953. The first-order chi connectivity index (χ1) is 14.2. The molecule has 0 radical (unpaired) electrons. The zero-order chi connectivity index (χ0) is 20.1. The topological polar surface area (TPSA) is 85.6 Å². The molecule has 2 aromatic heterocycles. The third-order valence-electron chi connectivity index (χ3n) is 4.30. The monoisotopic (exact) mass is 404 g/mol. The molecule has 0 saturated heterocycles. The number of nitrogens with zero attached hydrogens (tertiary/aromatic N) is 5. The Kier molecular flexibility index (Phi) is 5.58. The summed E-state index contributed by atoms with van der Waals surface area (Å²) in [6, 6.07) is 14.7. The highest BCUT2D eigenvalue weighted by Crippen LogP contribution is 2.20. The van der Waals surface area contributed by atoms with Crippen LogP contribution in [-0.4, -0.2) is 37.4 Å². The SMILES string of the molecule is O=C(NCCc1ncc(-c2ccc(Cl)cc2)cn1)c1ccccc1-n1nccn1. The predicted molar refractivity (Wildman–Crippen MR) is 110 cm³/mol. The quantitative estimate of drug-likeness (QED) is 0.532. The molecule has 7 nitrogen and oxygen atoms in total. The van der Waals surface area contributed by atoms with Crippen LogP contribution in [0.2, 0.25) is 5.02 Å². The molecule has 29 heavy (non-hydrogen) atoms. The molecule has 2 aromatic carbocycles. The van der Waals surface area contributed by atoms with Gasteiger partial charge < -0.3 is 5.32 Å². The smallest absolute Gasteiger partial charge is 0.253 e. The molecule has 0 unspecified atom stereocenters. The van der Waals surface area contributed by atoms with Gasteiger partial charge in [0, 0.05) is 35.9 Å². The van der Waals surface area contributed by atoms with Crippen LogP contribution in [0.15, 0.2) is 73.3 Å². The van der Waals surface area contributed by atoms with E-state index in [9.17, 15) is 4.79 Å². The van der Waals surface area contributed by atoms with Crippen LogP contribution >= 0.6 is 11.6 Å². The van der Waals surface area contributed by atoms with E-state index >= 15 is 0 Å². The van der Waals surface area contributed by atoms with Gasteiger partial charge in [0.25, 0.3) is 5.91 Å². The van der Waals surface area contributed by atoms with E-state index in [0.717, 1.165) is 11.1 Å². The minimum atomic E-state index is -0.198. The summed E-state index contributed by atoms with van der Waals surface area (Å²) in [6.45, 7) is 0.417. The lowest BCUT2D eigenvalue weighted by Crippen LogP contribution is -2.27. The zero-order valence-corrected chi connectivity index (χ0v) is 16.1. The van der Waals surface area contributed by atoms with Gasteiger partial charge in [0.1, 0.15) is 5.82 Å². The van der Waals surface area contributed by atoms with Crippen LogP contribution in [0.1, 0.15) is 16.2 Å². The fourth-order valence-corrected chi connectivity index (χ4v) is 2.96. The molecular formula is C21H17ClN6O. The van der Waals surface area contributed by atoms with E-state index in [1.165, 1.54) is 4.80 Å². The number of hydrogen-bond acceptors (Lipinski definition) is 5. The number of carbonyl (C=O) groups is 1. The Morgan fingerprint density at radius 2 is 1.62 bits per heavy atom. The first-order valence-corrected chi connectivity index (χ1v) is 9.39. The van der Waals surface area contributed by atoms with Crippen molar-refractivity contribution in [2.24, 2.45) is 0 Å². The molecule has 0 spiro atoms. The Hall–Kier alpha value is -3.58. The van der Waals surface area contributed by atoms with E-state index < -0.39 is 0 Å². The largest absolute Gasteiger partial charge is 0.352 e. The van der Waals surface area contributed by atoms with Crippen molar-refractivity contribution >= 4 is 17.5 Å². The fourth-order valence-electron chi connectivity index (χ4n) is 2.84. The molecule has 1 N–H and O–H groups in total. The third-order valence-corrected chi connectivity index (χ3v) is 4.55. The van der Waals surface area contributed by atoms with Crippen molar-refractivity contribution in [1.29, 1.82) is 0 Å². The summed E-state index contributed by atoms with van der Waals surface area (Å²) in [5, 5.41) is 11.8. The number of hydrogen-bond donors (Lipinski definition) is 1. The average Bonchev–Trinajstić information content (AvgIpc) is 3.30. The molecule has 0 atom stereocenters. The van der Waals surface area contributed by atoms with Gasteiger partial charge in [0.15, 0.2) is 0 Å². The van der Waals surface area contributed by atoms with Crippen molar-refractivity contribution in [2.45, 2.75) is 6.42 Å². The number of carbonyl (C=O) groups excluding carboxylic acids is 1. The van der Waals surface area contributed by atoms with Crippen LogP contribution < -0.4 is 5.32 Å². The Bertz CT molecular complexity index is 1090. The Labute approximate surface area is 172 Å². The van der Waals surface area contributed by atoms with Crippen LogP contribution in [0, 0.1) is 0 Å². The van der Waals surface area contributed by atoms with Gasteiger partial charge in [-0.15, -0.1) is 0 Å². The second-order valence-corrected chi connectivity index (χ2v) is 6.67. The Balaban J connectivity index is 1.37. The van der Waals surface area contributed by atoms with Crippen molar-refractivity contribution in [1.82, 2.24) is 30.3 Å². The molecule has 1 amide bonds. The van der Waals surface area contributed by atoms with Crippen LogP contribution in [0.25, 0.3) is 16.8 Å². The first-order valence-electron chi connectivity index (χ1n) is 9.01. The number of aromatic nitrogens is 5. The van der Waals surface area contributed by atoms with Crippen molar-refractivity contribution in [3.63, 3.8) is 0 Å². The summed E-state index contributed by atoms with van der Waals surface area (Å²) in [5.41, 5.74) is 3.04. The van der Waals surface area contributed by atoms with Crippen LogP contribution in [0.4, 0.5) is 0 Å². The standard InChI is InChI=1S/C21H17ClN6O/c22-17-7-5-15(6-8-17)16-13-24-20(25-14-16)9-10-23-21(29)18-3-1-2-4-19(18)28-26-11-12-27-28/h1-8,11-14H,9-10H2,(H,23,29). The van der Waals surface area contributed by atoms with E-state index in [2.05, 4.69) is 25.5 Å². The van der Waals surface area contributed by atoms with Gasteiger partial charge in [-0.2, -0.15) is 15.0 Å². The third kappa shape index (κ3) is 4.47. The fraction of sp³-hybridized carbons (Fsp3) is 0.0952. The highest BCUT2D eigenvalue weighted by atomic mass is 35.5. The van der Waals surface area contributed by atoms with Gasteiger partial charge in [-0.25, -0.2) is 9.97 Å². The van der Waals surface area contributed by atoms with Crippen LogP contribution in [0.5, 0.6) is 0 Å². The van der Waals surface area contributed by atoms with Gasteiger partial charge >= 0.3 is 0 Å². The maximum atomic E-state index is 12.6. The maximum Gasteiger partial charge on any atom is 0.253 e. The van der Waals surface area contributed by atoms with Gasteiger partial charge in [0.2, 0.25) is 0 Å². The summed E-state index contributed by atoms with van der Waals surface area (Å²) in [6.07, 6.45) is 7.20. The molecule has 0 bridgehead atoms. The number of rotatable bonds is 6. The molecule has 0 aliphatic rings. The summed E-state index contributed by atoms with van der Waals surface area (Å²) in [4.78, 5) is 22.8. The Morgan fingerprint density at radius 1 is 0.931 bits per heavy atom. The predicted octanol–water partition coefficient (Wildman–Crippen LogP) is 3.35. The van der Waals surface area contributed by atoms with Crippen molar-refractivity contribution in [3.05, 3.63) is 89.7 Å². The molecule has 4 aromatic rings. The number of nitrogens with one attached hydrogen (secondary N) is 1. The molecule has 144 valence electrons. The van der Waals surface area contributed by atoms with E-state index in [0.29, 0.717) is 35.1 Å². The summed E-state index contributed by atoms with van der Waals surface area (Å²) < 4.78 is 0. The van der Waals surface area contributed by atoms with Crippen molar-refractivity contribution < 1.29 is 4.79 Å². The zero-order valence-electron chi connectivity index (χ0n) is 15.4. The molecule has 0 aliphatic heterocycles. The van der Waals surface area contributed by atoms with Crippen LogP contribution in [-0.2, 0) is 6.42 Å². The summed E-state index contributed by atoms with van der Waals surface area (Å²) in [5.74, 6) is 0.459. The van der Waals surface area contributed by atoms with Gasteiger partial charge in [-0.05, 0) is 29.8 Å². The number of benzene rings is 2. The van der Waals surface area contributed by atoms with Gasteiger partial charge in [-0.3, -0.25) is 4.79 Å². The van der Waals surface area contributed by atoms with Gasteiger partial charge in [-0.1, -0.05) is 35.9 Å². The second-order valence-electron chi connectivity index (χ2n) is 6.24. The molecular weight excluding hydrogens is 388 g/mol. The van der Waals surface area contributed by atoms with E-state index in [1.807, 2.05) is 30.3 Å². The highest BCUT2D eigenvalue weighted by molar-refractivity contribution is 6.30. The average molecular weight is 405 g/mol. The lowest BCUT2D eigenvalue weighted by atomic mass is 10.1. The molecule has 0 saturated carbocycles. The van der Waals surface area contributed by atoms with Crippen molar-refractivity contribution in [2.75, 3.05) is 6.54 Å². The molecule has 4 rings (SSSR count). The number of para-hydroxylation sites is 1. The van der Waals surface area contributed by atoms with Gasteiger partial charge in [0.05, 0.1) is 23.6 Å². The van der Waals surface area contributed by atoms with E-state index in [4.69, 9.17) is 11.6 Å². The normalized spacial score (nSPS) is 10.7. The highest BCUT2D eigenvalue weighted by Gasteiger charge is 2.13. The number of halogens is 1. The molecule has 2 heterocycles.